The smallest absolute Gasteiger partial charge is 0.408 e. The molecule has 0 saturated carbocycles. The molecule has 11 heteroatoms. The highest BCUT2D eigenvalue weighted by molar-refractivity contribution is 9.10. The van der Waals surface area contributed by atoms with Gasteiger partial charge in [0.25, 0.3) is 0 Å². The van der Waals surface area contributed by atoms with E-state index in [1.54, 1.807) is 18.2 Å². The van der Waals surface area contributed by atoms with Crippen LogP contribution in [-0.4, -0.2) is 15.0 Å². The molecule has 0 unspecified atom stereocenters. The quantitative estimate of drug-likeness (QED) is 0.363. The molecule has 0 aliphatic carbocycles. The minimum atomic E-state index is -4.65. The molecule has 4 aromatic rings. The van der Waals surface area contributed by atoms with Gasteiger partial charge in [-0.3, -0.25) is 4.98 Å². The van der Waals surface area contributed by atoms with Crippen LogP contribution >= 0.6 is 15.9 Å². The minimum Gasteiger partial charge on any atom is -0.408 e. The van der Waals surface area contributed by atoms with Crippen LogP contribution in [0.5, 0.6) is 0 Å². The van der Waals surface area contributed by atoms with Gasteiger partial charge in [-0.05, 0) is 42.7 Å². The van der Waals surface area contributed by atoms with Crippen LogP contribution in [0.25, 0.3) is 11.1 Å². The molecule has 0 atom stereocenters. The number of anilines is 2. The van der Waals surface area contributed by atoms with Crippen molar-refractivity contribution in [1.82, 2.24) is 15.0 Å². The average molecular weight is 497 g/mol. The van der Waals surface area contributed by atoms with Crippen LogP contribution in [-0.2, 0) is 19.0 Å². The second kappa shape index (κ2) is 8.14. The standard InChI is InChI=1S/C20H13BrF4N4O2/c21-11-3-1-10(14(22)7-11)2-5-15-13(20(23,24)25)9-26-18(28-15)27-12-4-6-16-17(8-12)31-19(30)29-16/h1,3-4,6-9H,2,5H2,(H,29,30)(H,26,27,28). The van der Waals surface area contributed by atoms with E-state index in [-0.39, 0.29) is 35.6 Å². The fraction of sp³-hybridized carbons (Fsp3) is 0.150. The minimum absolute atomic E-state index is 0.0269. The number of rotatable bonds is 5. The van der Waals surface area contributed by atoms with Crippen molar-refractivity contribution in [2.24, 2.45) is 0 Å². The summed E-state index contributed by atoms with van der Waals surface area (Å²) in [5.41, 5.74) is 0.190. The van der Waals surface area contributed by atoms with Crippen molar-refractivity contribution in [2.45, 2.75) is 19.0 Å². The lowest BCUT2D eigenvalue weighted by Gasteiger charge is -2.14. The van der Waals surface area contributed by atoms with E-state index in [4.69, 9.17) is 4.42 Å². The Morgan fingerprint density at radius 2 is 1.94 bits per heavy atom. The lowest BCUT2D eigenvalue weighted by Crippen LogP contribution is -2.14. The maximum atomic E-state index is 14.1. The molecule has 0 fully saturated rings. The number of halogens is 5. The second-order valence-electron chi connectivity index (χ2n) is 6.64. The Balaban J connectivity index is 1.62. The Morgan fingerprint density at radius 1 is 1.13 bits per heavy atom. The lowest BCUT2D eigenvalue weighted by atomic mass is 10.0. The van der Waals surface area contributed by atoms with Gasteiger partial charge in [-0.25, -0.2) is 19.2 Å². The molecule has 0 aliphatic rings. The number of alkyl halides is 3. The fourth-order valence-corrected chi connectivity index (χ4v) is 3.37. The Morgan fingerprint density at radius 3 is 2.68 bits per heavy atom. The van der Waals surface area contributed by atoms with Crippen LogP contribution in [0, 0.1) is 5.82 Å². The number of aryl methyl sites for hydroxylation is 2. The van der Waals surface area contributed by atoms with Gasteiger partial charge in [0.1, 0.15) is 5.82 Å². The van der Waals surface area contributed by atoms with E-state index in [9.17, 15) is 22.4 Å². The summed E-state index contributed by atoms with van der Waals surface area (Å²) in [7, 11) is 0. The molecule has 0 amide bonds. The molecule has 0 radical (unpaired) electrons. The molecule has 31 heavy (non-hydrogen) atoms. The Labute approximate surface area is 180 Å². The van der Waals surface area contributed by atoms with Crippen LogP contribution in [0.2, 0.25) is 0 Å². The van der Waals surface area contributed by atoms with Crippen LogP contribution in [0.1, 0.15) is 16.8 Å². The topological polar surface area (TPSA) is 83.8 Å². The molecular formula is C20H13BrF4N4O2. The number of nitrogens with zero attached hydrogens (tertiary/aromatic N) is 2. The molecule has 2 N–H and O–H groups in total. The molecule has 2 heterocycles. The summed E-state index contributed by atoms with van der Waals surface area (Å²) >= 11 is 3.14. The summed E-state index contributed by atoms with van der Waals surface area (Å²) in [6.45, 7) is 0. The zero-order chi connectivity index (χ0) is 22.2. The largest absolute Gasteiger partial charge is 0.419 e. The SMILES string of the molecule is O=c1[nH]c2ccc(Nc3ncc(C(F)(F)F)c(CCc4ccc(Br)cc4F)n3)cc2o1. The highest BCUT2D eigenvalue weighted by Gasteiger charge is 2.34. The van der Waals surface area contributed by atoms with Gasteiger partial charge in [-0.1, -0.05) is 22.0 Å². The maximum Gasteiger partial charge on any atom is 0.419 e. The Bertz CT molecular complexity index is 1320. The van der Waals surface area contributed by atoms with Crippen LogP contribution < -0.4 is 11.1 Å². The van der Waals surface area contributed by atoms with Gasteiger partial charge in [-0.15, -0.1) is 0 Å². The van der Waals surface area contributed by atoms with E-state index in [1.165, 1.54) is 18.2 Å². The lowest BCUT2D eigenvalue weighted by molar-refractivity contribution is -0.138. The van der Waals surface area contributed by atoms with Crippen molar-refractivity contribution in [3.63, 3.8) is 0 Å². The molecule has 160 valence electrons. The second-order valence-corrected chi connectivity index (χ2v) is 7.55. The van der Waals surface area contributed by atoms with E-state index in [1.807, 2.05) is 0 Å². The number of aromatic nitrogens is 3. The number of aromatic amines is 1. The number of hydrogen-bond donors (Lipinski definition) is 2. The number of oxazole rings is 1. The summed E-state index contributed by atoms with van der Waals surface area (Å²) in [5, 5.41) is 2.80. The van der Waals surface area contributed by atoms with Gasteiger partial charge < -0.3 is 9.73 Å². The van der Waals surface area contributed by atoms with Gasteiger partial charge in [0.2, 0.25) is 5.95 Å². The van der Waals surface area contributed by atoms with E-state index in [0.29, 0.717) is 21.9 Å². The number of nitrogens with one attached hydrogen (secondary N) is 2. The predicted molar refractivity (Wildman–Crippen MR) is 109 cm³/mol. The van der Waals surface area contributed by atoms with Crippen molar-refractivity contribution in [3.05, 3.63) is 80.3 Å². The van der Waals surface area contributed by atoms with E-state index in [0.717, 1.165) is 0 Å². The molecule has 4 rings (SSSR count). The third-order valence-electron chi connectivity index (χ3n) is 4.50. The maximum absolute atomic E-state index is 14.1. The summed E-state index contributed by atoms with van der Waals surface area (Å²) in [6.07, 6.45) is -4.08. The van der Waals surface area contributed by atoms with Crippen molar-refractivity contribution < 1.29 is 22.0 Å². The van der Waals surface area contributed by atoms with Crippen molar-refractivity contribution in [1.29, 1.82) is 0 Å². The van der Waals surface area contributed by atoms with Gasteiger partial charge >= 0.3 is 11.9 Å². The number of benzene rings is 2. The van der Waals surface area contributed by atoms with Crippen molar-refractivity contribution >= 4 is 38.7 Å². The summed E-state index contributed by atoms with van der Waals surface area (Å²) < 4.78 is 59.8. The van der Waals surface area contributed by atoms with Crippen LogP contribution in [0.3, 0.4) is 0 Å². The fourth-order valence-electron chi connectivity index (χ4n) is 3.03. The third-order valence-corrected chi connectivity index (χ3v) is 4.99. The summed E-state index contributed by atoms with van der Waals surface area (Å²) in [6, 6.07) is 9.03. The molecular weight excluding hydrogens is 484 g/mol. The van der Waals surface area contributed by atoms with Gasteiger partial charge in [0.05, 0.1) is 16.8 Å². The normalized spacial score (nSPS) is 11.8. The highest BCUT2D eigenvalue weighted by Crippen LogP contribution is 2.32. The van der Waals surface area contributed by atoms with E-state index >= 15 is 0 Å². The number of H-pyrrole nitrogens is 1. The molecule has 6 nitrogen and oxygen atoms in total. The molecule has 2 aromatic heterocycles. The monoisotopic (exact) mass is 496 g/mol. The summed E-state index contributed by atoms with van der Waals surface area (Å²) in [4.78, 5) is 21.5. The molecule has 0 spiro atoms. The Hall–Kier alpha value is -3.21. The molecule has 0 bridgehead atoms. The predicted octanol–water partition coefficient (Wildman–Crippen LogP) is 5.36. The van der Waals surface area contributed by atoms with Gasteiger partial charge in [0, 0.05) is 22.4 Å². The third kappa shape index (κ3) is 4.76. The average Bonchev–Trinajstić information content (AvgIpc) is 3.06. The molecule has 2 aromatic carbocycles. The number of fused-ring (bicyclic) bond motifs is 1. The van der Waals surface area contributed by atoms with Crippen LogP contribution in [0.4, 0.5) is 29.2 Å². The zero-order valence-corrected chi connectivity index (χ0v) is 17.1. The molecule has 0 saturated heterocycles. The van der Waals surface area contributed by atoms with Crippen LogP contribution in [0.15, 0.2) is 56.3 Å². The molecule has 0 aliphatic heterocycles. The number of hydrogen-bond acceptors (Lipinski definition) is 5. The first-order chi connectivity index (χ1) is 14.7. The Kier molecular flexibility index (Phi) is 5.52. The van der Waals surface area contributed by atoms with E-state index < -0.39 is 23.3 Å². The van der Waals surface area contributed by atoms with Gasteiger partial charge in [-0.2, -0.15) is 13.2 Å². The first-order valence-corrected chi connectivity index (χ1v) is 9.75. The van der Waals surface area contributed by atoms with Gasteiger partial charge in [0.15, 0.2) is 5.58 Å². The van der Waals surface area contributed by atoms with Crippen molar-refractivity contribution in [2.75, 3.05) is 5.32 Å². The highest BCUT2D eigenvalue weighted by atomic mass is 79.9. The van der Waals surface area contributed by atoms with Crippen molar-refractivity contribution in [3.8, 4) is 0 Å². The summed E-state index contributed by atoms with van der Waals surface area (Å²) in [5.74, 6) is -1.21. The first-order valence-electron chi connectivity index (χ1n) is 8.96. The first kappa shape index (κ1) is 21.0. The zero-order valence-electron chi connectivity index (χ0n) is 15.6. The van der Waals surface area contributed by atoms with E-state index in [2.05, 4.69) is 36.2 Å².